The van der Waals surface area contributed by atoms with Crippen molar-refractivity contribution in [2.24, 2.45) is 7.05 Å². The predicted molar refractivity (Wildman–Crippen MR) is 85.0 cm³/mol. The van der Waals surface area contributed by atoms with Gasteiger partial charge in [0.15, 0.2) is 0 Å². The average Bonchev–Trinajstić information content (AvgIpc) is 3.02. The van der Waals surface area contributed by atoms with E-state index in [0.29, 0.717) is 12.4 Å². The Labute approximate surface area is 126 Å². The van der Waals surface area contributed by atoms with Gasteiger partial charge in [0.05, 0.1) is 11.8 Å². The Morgan fingerprint density at radius 2 is 2.10 bits per heavy atom. The van der Waals surface area contributed by atoms with Crippen molar-refractivity contribution in [3.8, 4) is 11.1 Å². The molecule has 0 amide bonds. The molecular weight excluding hydrogens is 284 g/mol. The number of aryl methyl sites for hydroxylation is 1. The second kappa shape index (κ2) is 5.53. The number of nitrogens with one attached hydrogen (secondary N) is 1. The summed E-state index contributed by atoms with van der Waals surface area (Å²) in [5.41, 5.74) is 10.2. The summed E-state index contributed by atoms with van der Waals surface area (Å²) in [5, 5.41) is 8.61. The van der Waals surface area contributed by atoms with Gasteiger partial charge in [-0.2, -0.15) is 9.47 Å². The van der Waals surface area contributed by atoms with Crippen LogP contribution >= 0.6 is 11.5 Å². The molecule has 108 valence electrons. The Hall–Kier alpha value is -2.41. The number of pyridine rings is 1. The predicted octanol–water partition coefficient (Wildman–Crippen LogP) is 2.44. The fourth-order valence-corrected chi connectivity index (χ4v) is 2.85. The van der Waals surface area contributed by atoms with E-state index in [-0.39, 0.29) is 0 Å². The molecule has 0 fully saturated rings. The fourth-order valence-electron chi connectivity index (χ4n) is 2.11. The highest BCUT2D eigenvalue weighted by molar-refractivity contribution is 7.11. The molecule has 0 aliphatic heterocycles. The molecule has 3 aromatic heterocycles. The number of hydrogen-bond acceptors (Lipinski definition) is 6. The van der Waals surface area contributed by atoms with E-state index in [4.69, 9.17) is 5.73 Å². The highest BCUT2D eigenvalue weighted by atomic mass is 32.1. The molecule has 3 aromatic rings. The molecule has 0 atom stereocenters. The molecule has 0 aliphatic rings. The van der Waals surface area contributed by atoms with E-state index < -0.39 is 0 Å². The standard InChI is InChI=1S/C14H16N6S/c1-9-11(8-18-20(9)2)7-17-14-12(13(15)19-21-14)10-3-5-16-6-4-10/h3-6,8,17H,7H2,1-2H3,(H2,15,19). The van der Waals surface area contributed by atoms with Gasteiger partial charge in [-0.3, -0.25) is 9.67 Å². The van der Waals surface area contributed by atoms with Crippen LogP contribution in [0.5, 0.6) is 0 Å². The number of rotatable bonds is 4. The number of hydrogen-bond donors (Lipinski definition) is 2. The summed E-state index contributed by atoms with van der Waals surface area (Å²) < 4.78 is 6.11. The number of nitrogens with zero attached hydrogens (tertiary/aromatic N) is 4. The van der Waals surface area contributed by atoms with Crippen LogP contribution in [0.3, 0.4) is 0 Å². The third-order valence-electron chi connectivity index (χ3n) is 3.46. The Balaban J connectivity index is 1.86. The van der Waals surface area contributed by atoms with Gasteiger partial charge in [0.2, 0.25) is 0 Å². The Morgan fingerprint density at radius 3 is 2.76 bits per heavy atom. The first-order chi connectivity index (χ1) is 10.2. The molecule has 3 N–H and O–H groups in total. The molecule has 6 nitrogen and oxygen atoms in total. The van der Waals surface area contributed by atoms with E-state index in [1.807, 2.05) is 30.1 Å². The lowest BCUT2D eigenvalue weighted by Gasteiger charge is -2.07. The van der Waals surface area contributed by atoms with Crippen molar-refractivity contribution in [2.75, 3.05) is 11.1 Å². The topological polar surface area (TPSA) is 81.7 Å². The van der Waals surface area contributed by atoms with Gasteiger partial charge >= 0.3 is 0 Å². The van der Waals surface area contributed by atoms with Gasteiger partial charge in [-0.15, -0.1) is 0 Å². The maximum atomic E-state index is 6.00. The number of nitrogen functional groups attached to an aromatic ring is 1. The largest absolute Gasteiger partial charge is 0.382 e. The Kier molecular flexibility index (Phi) is 3.57. The lowest BCUT2D eigenvalue weighted by atomic mass is 10.1. The van der Waals surface area contributed by atoms with Gasteiger partial charge in [-0.05, 0) is 36.2 Å². The van der Waals surface area contributed by atoms with Crippen LogP contribution in [0.1, 0.15) is 11.3 Å². The Bertz CT molecular complexity index is 746. The van der Waals surface area contributed by atoms with Crippen molar-refractivity contribution < 1.29 is 0 Å². The third kappa shape index (κ3) is 2.59. The monoisotopic (exact) mass is 300 g/mol. The van der Waals surface area contributed by atoms with Gasteiger partial charge in [0.25, 0.3) is 0 Å². The van der Waals surface area contributed by atoms with E-state index in [0.717, 1.165) is 27.4 Å². The number of anilines is 2. The summed E-state index contributed by atoms with van der Waals surface area (Å²) in [5.74, 6) is 0.539. The first-order valence-electron chi connectivity index (χ1n) is 6.53. The van der Waals surface area contributed by atoms with Crippen LogP contribution in [0.15, 0.2) is 30.7 Å². The molecule has 3 heterocycles. The molecule has 21 heavy (non-hydrogen) atoms. The highest BCUT2D eigenvalue weighted by Crippen LogP contribution is 2.36. The van der Waals surface area contributed by atoms with Crippen LogP contribution < -0.4 is 11.1 Å². The molecule has 7 heteroatoms. The van der Waals surface area contributed by atoms with Crippen LogP contribution in [0.2, 0.25) is 0 Å². The van der Waals surface area contributed by atoms with Gasteiger partial charge in [0.1, 0.15) is 10.8 Å². The second-order valence-corrected chi connectivity index (χ2v) is 5.51. The molecule has 0 aliphatic carbocycles. The minimum absolute atomic E-state index is 0.539. The van der Waals surface area contributed by atoms with Crippen molar-refractivity contribution in [3.05, 3.63) is 42.0 Å². The summed E-state index contributed by atoms with van der Waals surface area (Å²) in [6, 6.07) is 3.86. The lowest BCUT2D eigenvalue weighted by molar-refractivity contribution is 0.738. The first kappa shape index (κ1) is 13.6. The average molecular weight is 300 g/mol. The number of aromatic nitrogens is 4. The van der Waals surface area contributed by atoms with E-state index >= 15 is 0 Å². The van der Waals surface area contributed by atoms with Crippen LogP contribution in [0.25, 0.3) is 11.1 Å². The maximum absolute atomic E-state index is 6.00. The molecule has 3 rings (SSSR count). The molecule has 0 radical (unpaired) electrons. The minimum atomic E-state index is 0.539. The van der Waals surface area contributed by atoms with Crippen molar-refractivity contribution in [2.45, 2.75) is 13.5 Å². The summed E-state index contributed by atoms with van der Waals surface area (Å²) in [6.45, 7) is 2.74. The van der Waals surface area contributed by atoms with Gasteiger partial charge < -0.3 is 11.1 Å². The van der Waals surface area contributed by atoms with Gasteiger partial charge in [-0.1, -0.05) is 0 Å². The van der Waals surface area contributed by atoms with E-state index in [1.165, 1.54) is 11.5 Å². The fraction of sp³-hybridized carbons (Fsp3) is 0.214. The normalized spacial score (nSPS) is 10.8. The molecule has 0 unspecified atom stereocenters. The molecule has 0 spiro atoms. The smallest absolute Gasteiger partial charge is 0.147 e. The van der Waals surface area contributed by atoms with E-state index in [9.17, 15) is 0 Å². The quantitative estimate of drug-likeness (QED) is 0.773. The van der Waals surface area contributed by atoms with Crippen molar-refractivity contribution in [3.63, 3.8) is 0 Å². The summed E-state index contributed by atoms with van der Waals surface area (Å²) in [6.07, 6.45) is 5.38. The third-order valence-corrected chi connectivity index (χ3v) is 4.28. The van der Waals surface area contributed by atoms with Gasteiger partial charge in [-0.25, -0.2) is 0 Å². The van der Waals surface area contributed by atoms with Gasteiger partial charge in [0, 0.05) is 37.2 Å². The zero-order chi connectivity index (χ0) is 14.8. The minimum Gasteiger partial charge on any atom is -0.382 e. The van der Waals surface area contributed by atoms with Crippen LogP contribution in [-0.4, -0.2) is 19.1 Å². The maximum Gasteiger partial charge on any atom is 0.147 e. The van der Waals surface area contributed by atoms with Crippen LogP contribution in [0, 0.1) is 6.92 Å². The zero-order valence-corrected chi connectivity index (χ0v) is 12.7. The highest BCUT2D eigenvalue weighted by Gasteiger charge is 2.14. The van der Waals surface area contributed by atoms with Crippen LogP contribution in [0.4, 0.5) is 10.8 Å². The molecular formula is C14H16N6S. The van der Waals surface area contributed by atoms with E-state index in [1.54, 1.807) is 12.4 Å². The summed E-state index contributed by atoms with van der Waals surface area (Å²) >= 11 is 1.37. The second-order valence-electron chi connectivity index (χ2n) is 4.74. The molecule has 0 saturated heterocycles. The van der Waals surface area contributed by atoms with Crippen molar-refractivity contribution in [1.82, 2.24) is 19.1 Å². The molecule has 0 saturated carbocycles. The van der Waals surface area contributed by atoms with Crippen molar-refractivity contribution >= 4 is 22.4 Å². The zero-order valence-electron chi connectivity index (χ0n) is 11.9. The first-order valence-corrected chi connectivity index (χ1v) is 7.31. The molecule has 0 bridgehead atoms. The van der Waals surface area contributed by atoms with Crippen molar-refractivity contribution in [1.29, 1.82) is 0 Å². The lowest BCUT2D eigenvalue weighted by Crippen LogP contribution is -2.01. The Morgan fingerprint density at radius 1 is 1.33 bits per heavy atom. The SMILES string of the molecule is Cc1c(CNc2snc(N)c2-c2ccncc2)cnn1C. The van der Waals surface area contributed by atoms with E-state index in [2.05, 4.69) is 26.7 Å². The number of nitrogens with two attached hydrogens (primary N) is 1. The summed E-state index contributed by atoms with van der Waals surface area (Å²) in [7, 11) is 1.94. The summed E-state index contributed by atoms with van der Waals surface area (Å²) in [4.78, 5) is 4.03. The van der Waals surface area contributed by atoms with Crippen LogP contribution in [-0.2, 0) is 13.6 Å². The molecule has 0 aromatic carbocycles.